The Hall–Kier alpha value is -0.500. The maximum atomic E-state index is 8.18. The maximum absolute atomic E-state index is 8.18. The molecule has 0 saturated heterocycles. The second kappa shape index (κ2) is 5.50. The Kier molecular flexibility index (Phi) is 5.11. The third-order valence-corrected chi connectivity index (χ3v) is 0.538. The molecule has 0 aliphatic rings. The van der Waals surface area contributed by atoms with Gasteiger partial charge in [0.2, 0.25) is 0 Å². The predicted octanol–water partition coefficient (Wildman–Crippen LogP) is 0.529. The quantitative estimate of drug-likeness (QED) is 0.414. The smallest absolute Gasteiger partial charge is 0.0894 e. The third-order valence-electron chi connectivity index (χ3n) is 0.538. The van der Waals surface area contributed by atoms with Gasteiger partial charge in [-0.3, -0.25) is 0 Å². The van der Waals surface area contributed by atoms with E-state index in [-0.39, 0.29) is 6.61 Å². The van der Waals surface area contributed by atoms with Crippen LogP contribution in [0, 0.1) is 0 Å². The van der Waals surface area contributed by atoms with Gasteiger partial charge in [-0.05, 0) is 0 Å². The molecule has 7 heavy (non-hydrogen) atoms. The Morgan fingerprint density at radius 3 is 2.86 bits per heavy atom. The first-order valence-electron chi connectivity index (χ1n) is 2.25. The molecule has 2 heteroatoms. The highest BCUT2D eigenvalue weighted by atomic mass is 16.5. The summed E-state index contributed by atoms with van der Waals surface area (Å²) >= 11 is 0. The van der Waals surface area contributed by atoms with Gasteiger partial charge < -0.3 is 9.84 Å². The molecule has 0 bridgehead atoms. The van der Waals surface area contributed by atoms with Crippen LogP contribution in [0.5, 0.6) is 0 Å². The number of aliphatic hydroxyl groups is 1. The minimum absolute atomic E-state index is 0.188. The molecule has 42 valence electrons. The molecular weight excluding hydrogens is 92.1 g/mol. The lowest BCUT2D eigenvalue weighted by Gasteiger charge is -1.93. The number of rotatable bonds is 4. The first-order valence-corrected chi connectivity index (χ1v) is 2.25. The SMILES string of the molecule is C=COCCCO. The predicted molar refractivity (Wildman–Crippen MR) is 27.9 cm³/mol. The van der Waals surface area contributed by atoms with Gasteiger partial charge in [-0.2, -0.15) is 0 Å². The molecule has 0 rings (SSSR count). The van der Waals surface area contributed by atoms with E-state index >= 15 is 0 Å². The van der Waals surface area contributed by atoms with E-state index in [1.807, 2.05) is 0 Å². The molecule has 0 amide bonds. The van der Waals surface area contributed by atoms with Gasteiger partial charge in [0.15, 0.2) is 0 Å². The molecule has 0 atom stereocenters. The van der Waals surface area contributed by atoms with Gasteiger partial charge >= 0.3 is 0 Å². The van der Waals surface area contributed by atoms with Crippen molar-refractivity contribution >= 4 is 0 Å². The van der Waals surface area contributed by atoms with E-state index in [2.05, 4.69) is 11.3 Å². The molecule has 1 N–H and O–H groups in total. The Bertz CT molecular complexity index is 43.3. The van der Waals surface area contributed by atoms with Crippen molar-refractivity contribution in [3.63, 3.8) is 0 Å². The van der Waals surface area contributed by atoms with Crippen LogP contribution < -0.4 is 0 Å². The summed E-state index contributed by atoms with van der Waals surface area (Å²) in [4.78, 5) is 0. The van der Waals surface area contributed by atoms with Gasteiger partial charge in [0, 0.05) is 13.0 Å². The first kappa shape index (κ1) is 6.50. The molecule has 0 aromatic rings. The zero-order chi connectivity index (χ0) is 5.54. The molecule has 0 saturated carbocycles. The molecule has 2 nitrogen and oxygen atoms in total. The van der Waals surface area contributed by atoms with E-state index in [0.717, 1.165) is 0 Å². The van der Waals surface area contributed by atoms with Gasteiger partial charge in [-0.25, -0.2) is 0 Å². The monoisotopic (exact) mass is 102 g/mol. The minimum atomic E-state index is 0.188. The second-order valence-electron chi connectivity index (χ2n) is 1.11. The Balaban J connectivity index is 2.56. The Morgan fingerprint density at radius 2 is 2.43 bits per heavy atom. The van der Waals surface area contributed by atoms with Gasteiger partial charge in [0.1, 0.15) is 0 Å². The average molecular weight is 102 g/mol. The van der Waals surface area contributed by atoms with E-state index < -0.39 is 0 Å². The van der Waals surface area contributed by atoms with Crippen LogP contribution in [-0.4, -0.2) is 18.3 Å². The van der Waals surface area contributed by atoms with Gasteiger partial charge in [-0.1, -0.05) is 6.58 Å². The summed E-state index contributed by atoms with van der Waals surface area (Å²) in [5.41, 5.74) is 0. The van der Waals surface area contributed by atoms with Crippen LogP contribution in [0.1, 0.15) is 6.42 Å². The first-order chi connectivity index (χ1) is 3.41. The lowest BCUT2D eigenvalue weighted by Crippen LogP contribution is -1.89. The highest BCUT2D eigenvalue weighted by molar-refractivity contribution is 4.47. The van der Waals surface area contributed by atoms with Crippen molar-refractivity contribution in [1.29, 1.82) is 0 Å². The highest BCUT2D eigenvalue weighted by Crippen LogP contribution is 1.78. The van der Waals surface area contributed by atoms with Crippen LogP contribution in [0.15, 0.2) is 12.8 Å². The van der Waals surface area contributed by atoms with Crippen LogP contribution >= 0.6 is 0 Å². The number of hydrogen-bond acceptors (Lipinski definition) is 2. The van der Waals surface area contributed by atoms with Crippen molar-refractivity contribution in [3.05, 3.63) is 12.8 Å². The van der Waals surface area contributed by atoms with Crippen LogP contribution in [-0.2, 0) is 4.74 Å². The Labute approximate surface area is 43.4 Å². The molecule has 0 aromatic heterocycles. The summed E-state index contributed by atoms with van der Waals surface area (Å²) in [5, 5.41) is 8.18. The molecule has 0 aromatic carbocycles. The van der Waals surface area contributed by atoms with Crippen LogP contribution in [0.3, 0.4) is 0 Å². The van der Waals surface area contributed by atoms with Gasteiger partial charge in [0.05, 0.1) is 12.9 Å². The van der Waals surface area contributed by atoms with Crippen molar-refractivity contribution in [3.8, 4) is 0 Å². The average Bonchev–Trinajstić information content (AvgIpc) is 1.69. The Morgan fingerprint density at radius 1 is 1.71 bits per heavy atom. The van der Waals surface area contributed by atoms with Crippen molar-refractivity contribution in [1.82, 2.24) is 0 Å². The lowest BCUT2D eigenvalue weighted by atomic mass is 10.5. The maximum Gasteiger partial charge on any atom is 0.0894 e. The summed E-state index contributed by atoms with van der Waals surface area (Å²) < 4.78 is 4.68. The normalized spacial score (nSPS) is 8.14. The van der Waals surface area contributed by atoms with E-state index in [4.69, 9.17) is 5.11 Å². The number of aliphatic hydroxyl groups excluding tert-OH is 1. The van der Waals surface area contributed by atoms with Gasteiger partial charge in [0.25, 0.3) is 0 Å². The van der Waals surface area contributed by atoms with Crippen molar-refractivity contribution in [2.24, 2.45) is 0 Å². The zero-order valence-electron chi connectivity index (χ0n) is 4.26. The number of ether oxygens (including phenoxy) is 1. The summed E-state index contributed by atoms with van der Waals surface area (Å²) in [6, 6.07) is 0. The summed E-state index contributed by atoms with van der Waals surface area (Å²) in [6.45, 7) is 4.09. The van der Waals surface area contributed by atoms with Crippen LogP contribution in [0.25, 0.3) is 0 Å². The van der Waals surface area contributed by atoms with E-state index in [9.17, 15) is 0 Å². The number of hydrogen-bond donors (Lipinski definition) is 1. The molecule has 0 aliphatic carbocycles. The molecule has 0 radical (unpaired) electrons. The minimum Gasteiger partial charge on any atom is -0.502 e. The van der Waals surface area contributed by atoms with Crippen LogP contribution in [0.4, 0.5) is 0 Å². The molecule has 0 fully saturated rings. The zero-order valence-corrected chi connectivity index (χ0v) is 4.26. The molecular formula is C5H10O2. The van der Waals surface area contributed by atoms with Crippen molar-refractivity contribution < 1.29 is 9.84 Å². The summed E-state index contributed by atoms with van der Waals surface area (Å²) in [7, 11) is 0. The van der Waals surface area contributed by atoms with Gasteiger partial charge in [-0.15, -0.1) is 0 Å². The summed E-state index contributed by atoms with van der Waals surface area (Å²) in [6.07, 6.45) is 2.06. The van der Waals surface area contributed by atoms with E-state index in [1.165, 1.54) is 6.26 Å². The summed E-state index contributed by atoms with van der Waals surface area (Å²) in [5.74, 6) is 0. The highest BCUT2D eigenvalue weighted by Gasteiger charge is 1.77. The molecule has 0 spiro atoms. The fourth-order valence-electron chi connectivity index (χ4n) is 0.231. The van der Waals surface area contributed by atoms with Crippen molar-refractivity contribution in [2.45, 2.75) is 6.42 Å². The largest absolute Gasteiger partial charge is 0.502 e. The van der Waals surface area contributed by atoms with E-state index in [0.29, 0.717) is 13.0 Å². The van der Waals surface area contributed by atoms with Crippen molar-refractivity contribution in [2.75, 3.05) is 13.2 Å². The van der Waals surface area contributed by atoms with Crippen LogP contribution in [0.2, 0.25) is 0 Å². The standard InChI is InChI=1S/C5H10O2/c1-2-7-5-3-4-6/h2,6H,1,3-5H2. The molecule has 0 unspecified atom stereocenters. The third kappa shape index (κ3) is 5.50. The van der Waals surface area contributed by atoms with E-state index in [1.54, 1.807) is 0 Å². The molecule has 0 heterocycles. The lowest BCUT2D eigenvalue weighted by molar-refractivity contribution is 0.200. The topological polar surface area (TPSA) is 29.5 Å². The molecule has 0 aliphatic heterocycles. The fraction of sp³-hybridized carbons (Fsp3) is 0.600. The fourth-order valence-corrected chi connectivity index (χ4v) is 0.231. The second-order valence-corrected chi connectivity index (χ2v) is 1.11.